The first-order chi connectivity index (χ1) is 11.2. The molecule has 1 aliphatic heterocycles. The summed E-state index contributed by atoms with van der Waals surface area (Å²) in [5, 5.41) is 2.73. The Morgan fingerprint density at radius 2 is 1.79 bits per heavy atom. The molecule has 1 aromatic carbocycles. The normalized spacial score (nSPS) is 18.2. The van der Waals surface area contributed by atoms with Crippen LogP contribution in [-0.4, -0.2) is 36.0 Å². The van der Waals surface area contributed by atoms with E-state index in [4.69, 9.17) is 4.74 Å². The zero-order chi connectivity index (χ0) is 17.9. The van der Waals surface area contributed by atoms with Crippen molar-refractivity contribution in [3.8, 4) is 5.75 Å². The molecule has 0 aliphatic carbocycles. The molecule has 1 aliphatic rings. The van der Waals surface area contributed by atoms with Gasteiger partial charge in [-0.25, -0.2) is 4.79 Å². The maximum atomic E-state index is 12.2. The van der Waals surface area contributed by atoms with E-state index in [2.05, 4.69) is 38.2 Å². The number of benzene rings is 1. The van der Waals surface area contributed by atoms with E-state index in [0.29, 0.717) is 19.6 Å². The van der Waals surface area contributed by atoms with Crippen molar-refractivity contribution in [1.82, 2.24) is 10.2 Å². The van der Waals surface area contributed by atoms with E-state index in [1.165, 1.54) is 10.5 Å². The number of carbonyl (C=O) groups excluding carboxylic acids is 2. The molecule has 3 amide bonds. The van der Waals surface area contributed by atoms with Gasteiger partial charge in [0.05, 0.1) is 6.61 Å². The Bertz CT molecular complexity index is 588. The molecule has 5 nitrogen and oxygen atoms in total. The molecule has 1 atom stereocenters. The summed E-state index contributed by atoms with van der Waals surface area (Å²) in [7, 11) is 0. The van der Waals surface area contributed by atoms with E-state index in [1.807, 2.05) is 26.0 Å². The van der Waals surface area contributed by atoms with Gasteiger partial charge < -0.3 is 10.1 Å². The van der Waals surface area contributed by atoms with E-state index < -0.39 is 6.04 Å². The highest BCUT2D eigenvalue weighted by atomic mass is 16.5. The molecule has 2 rings (SSSR count). The van der Waals surface area contributed by atoms with Gasteiger partial charge in [0.15, 0.2) is 0 Å². The minimum absolute atomic E-state index is 0.101. The van der Waals surface area contributed by atoms with Crippen LogP contribution in [0.15, 0.2) is 24.3 Å². The van der Waals surface area contributed by atoms with Crippen molar-refractivity contribution in [3.05, 3.63) is 29.8 Å². The molecule has 1 heterocycles. The van der Waals surface area contributed by atoms with Crippen LogP contribution in [0.1, 0.15) is 46.6 Å². The zero-order valence-electron chi connectivity index (χ0n) is 15.3. The average molecular weight is 332 g/mol. The Labute approximate surface area is 144 Å². The molecular weight excluding hydrogens is 304 g/mol. The smallest absolute Gasteiger partial charge is 0.324 e. The van der Waals surface area contributed by atoms with Gasteiger partial charge in [0.25, 0.3) is 5.91 Å². The maximum Gasteiger partial charge on any atom is 0.324 e. The van der Waals surface area contributed by atoms with Crippen LogP contribution >= 0.6 is 0 Å². The molecule has 0 radical (unpaired) electrons. The van der Waals surface area contributed by atoms with Crippen molar-refractivity contribution < 1.29 is 14.3 Å². The van der Waals surface area contributed by atoms with Gasteiger partial charge in [-0.2, -0.15) is 0 Å². The molecule has 1 aromatic rings. The number of hydrogen-bond donors (Lipinski definition) is 1. The Kier molecular flexibility index (Phi) is 5.52. The van der Waals surface area contributed by atoms with Crippen LogP contribution in [0, 0.1) is 5.92 Å². The monoisotopic (exact) mass is 332 g/mol. The van der Waals surface area contributed by atoms with Crippen LogP contribution in [0.25, 0.3) is 0 Å². The van der Waals surface area contributed by atoms with E-state index in [-0.39, 0.29) is 23.3 Å². The minimum atomic E-state index is -0.400. The highest BCUT2D eigenvalue weighted by Gasteiger charge is 2.38. The summed E-state index contributed by atoms with van der Waals surface area (Å²) in [5.41, 5.74) is 1.38. The Balaban J connectivity index is 1.79. The van der Waals surface area contributed by atoms with Crippen molar-refractivity contribution in [2.24, 2.45) is 5.92 Å². The van der Waals surface area contributed by atoms with Crippen molar-refractivity contribution >= 4 is 11.9 Å². The lowest BCUT2D eigenvalue weighted by Crippen LogP contribution is -2.35. The molecule has 0 spiro atoms. The van der Waals surface area contributed by atoms with Crippen molar-refractivity contribution in [2.75, 3.05) is 13.2 Å². The number of imide groups is 1. The first-order valence-electron chi connectivity index (χ1n) is 8.55. The fraction of sp³-hybridized carbons (Fsp3) is 0.579. The lowest BCUT2D eigenvalue weighted by molar-refractivity contribution is -0.128. The molecule has 132 valence electrons. The van der Waals surface area contributed by atoms with Crippen LogP contribution in [0.3, 0.4) is 0 Å². The molecule has 0 unspecified atom stereocenters. The van der Waals surface area contributed by atoms with Crippen LogP contribution in [0.2, 0.25) is 0 Å². The highest BCUT2D eigenvalue weighted by Crippen LogP contribution is 2.24. The molecule has 1 N–H and O–H groups in total. The second kappa shape index (κ2) is 7.24. The van der Waals surface area contributed by atoms with Gasteiger partial charge >= 0.3 is 6.03 Å². The number of carbonyl (C=O) groups is 2. The van der Waals surface area contributed by atoms with Crippen LogP contribution in [-0.2, 0) is 10.2 Å². The molecule has 24 heavy (non-hydrogen) atoms. The predicted molar refractivity (Wildman–Crippen MR) is 94.1 cm³/mol. The van der Waals surface area contributed by atoms with Crippen molar-refractivity contribution in [3.63, 3.8) is 0 Å². The van der Waals surface area contributed by atoms with Gasteiger partial charge in [0.1, 0.15) is 11.8 Å². The third-order valence-corrected chi connectivity index (χ3v) is 4.24. The molecular formula is C19H28N2O3. The van der Waals surface area contributed by atoms with Crippen LogP contribution in [0.5, 0.6) is 5.75 Å². The molecule has 0 bridgehead atoms. The summed E-state index contributed by atoms with van der Waals surface area (Å²) in [5.74, 6) is 0.772. The summed E-state index contributed by atoms with van der Waals surface area (Å²) in [6, 6.07) is 7.36. The van der Waals surface area contributed by atoms with Gasteiger partial charge in [0, 0.05) is 6.54 Å². The second-order valence-electron chi connectivity index (χ2n) is 7.64. The predicted octanol–water partition coefficient (Wildman–Crippen LogP) is 3.33. The van der Waals surface area contributed by atoms with Gasteiger partial charge in [-0.1, -0.05) is 46.8 Å². The lowest BCUT2D eigenvalue weighted by Gasteiger charge is -2.19. The summed E-state index contributed by atoms with van der Waals surface area (Å²) < 4.78 is 5.71. The minimum Gasteiger partial charge on any atom is -0.494 e. The van der Waals surface area contributed by atoms with Crippen LogP contribution < -0.4 is 10.1 Å². The topological polar surface area (TPSA) is 58.6 Å². The lowest BCUT2D eigenvalue weighted by atomic mass is 9.87. The maximum absolute atomic E-state index is 12.2. The van der Waals surface area contributed by atoms with Crippen LogP contribution in [0.4, 0.5) is 4.79 Å². The SMILES string of the molecule is CC(C)[C@@H]1NC(=O)N(CCCOc2ccc(C(C)(C)C)cc2)C1=O. The molecule has 5 heteroatoms. The molecule has 1 saturated heterocycles. The molecule has 0 aromatic heterocycles. The Morgan fingerprint density at radius 3 is 2.29 bits per heavy atom. The number of hydrogen-bond acceptors (Lipinski definition) is 3. The zero-order valence-corrected chi connectivity index (χ0v) is 15.3. The number of ether oxygens (including phenoxy) is 1. The van der Waals surface area contributed by atoms with E-state index in [1.54, 1.807) is 0 Å². The largest absolute Gasteiger partial charge is 0.494 e. The van der Waals surface area contributed by atoms with Crippen molar-refractivity contribution in [2.45, 2.75) is 52.5 Å². The third-order valence-electron chi connectivity index (χ3n) is 4.24. The average Bonchev–Trinajstić information content (AvgIpc) is 2.79. The number of nitrogens with one attached hydrogen (secondary N) is 1. The Hall–Kier alpha value is -2.04. The van der Waals surface area contributed by atoms with Gasteiger partial charge in [0.2, 0.25) is 0 Å². The van der Waals surface area contributed by atoms with Gasteiger partial charge in [-0.3, -0.25) is 9.69 Å². The standard InChI is InChI=1S/C19H28N2O3/c1-13(2)16-17(22)21(18(23)20-16)11-6-12-24-15-9-7-14(8-10-15)19(3,4)5/h7-10,13,16H,6,11-12H2,1-5H3,(H,20,23)/t16-/m0/s1. The molecule has 0 saturated carbocycles. The van der Waals surface area contributed by atoms with Gasteiger partial charge in [-0.05, 0) is 35.4 Å². The van der Waals surface area contributed by atoms with Crippen molar-refractivity contribution in [1.29, 1.82) is 0 Å². The Morgan fingerprint density at radius 1 is 1.17 bits per heavy atom. The number of nitrogens with zero attached hydrogens (tertiary/aromatic N) is 1. The number of amides is 3. The van der Waals surface area contributed by atoms with Gasteiger partial charge in [-0.15, -0.1) is 0 Å². The summed E-state index contributed by atoms with van der Waals surface area (Å²) in [4.78, 5) is 25.3. The highest BCUT2D eigenvalue weighted by molar-refractivity contribution is 6.04. The van der Waals surface area contributed by atoms with E-state index in [9.17, 15) is 9.59 Å². The fourth-order valence-electron chi connectivity index (χ4n) is 2.67. The summed E-state index contributed by atoms with van der Waals surface area (Å²) >= 11 is 0. The second-order valence-corrected chi connectivity index (χ2v) is 7.64. The summed E-state index contributed by atoms with van der Waals surface area (Å²) in [6.07, 6.45) is 0.616. The van der Waals surface area contributed by atoms with E-state index >= 15 is 0 Å². The number of urea groups is 1. The number of rotatable bonds is 6. The first-order valence-corrected chi connectivity index (χ1v) is 8.55. The fourth-order valence-corrected chi connectivity index (χ4v) is 2.67. The molecule has 1 fully saturated rings. The van der Waals surface area contributed by atoms with E-state index in [0.717, 1.165) is 5.75 Å². The summed E-state index contributed by atoms with van der Waals surface area (Å²) in [6.45, 7) is 11.2. The first kappa shape index (κ1) is 18.3. The third kappa shape index (κ3) is 4.28. The quantitative estimate of drug-likeness (QED) is 0.642.